The molecule has 0 saturated heterocycles. The van der Waals surface area contributed by atoms with Crippen LogP contribution in [0.1, 0.15) is 66.2 Å². The fourth-order valence-corrected chi connectivity index (χ4v) is 1.89. The summed E-state index contributed by atoms with van der Waals surface area (Å²) in [6, 6.07) is 0. The summed E-state index contributed by atoms with van der Waals surface area (Å²) in [6.45, 7) is 12.2. The summed E-state index contributed by atoms with van der Waals surface area (Å²) >= 11 is 0. The van der Waals surface area contributed by atoms with Gasteiger partial charge in [-0.05, 0) is 46.0 Å². The van der Waals surface area contributed by atoms with Crippen molar-refractivity contribution in [3.05, 3.63) is 35.6 Å². The van der Waals surface area contributed by atoms with Crippen molar-refractivity contribution in [2.45, 2.75) is 66.2 Å². The van der Waals surface area contributed by atoms with Gasteiger partial charge in [-0.3, -0.25) is 0 Å². The summed E-state index contributed by atoms with van der Waals surface area (Å²) in [7, 11) is 0. The van der Waals surface area contributed by atoms with Gasteiger partial charge >= 0.3 is 0 Å². The number of hydrogen-bond acceptors (Lipinski definition) is 1. The molecule has 0 heterocycles. The predicted molar refractivity (Wildman–Crippen MR) is 81.8 cm³/mol. The molecule has 0 spiro atoms. The van der Waals surface area contributed by atoms with Gasteiger partial charge in [-0.25, -0.2) is 0 Å². The van der Waals surface area contributed by atoms with Crippen LogP contribution in [-0.4, -0.2) is 5.11 Å². The molecule has 0 aliphatic rings. The van der Waals surface area contributed by atoms with Crippen molar-refractivity contribution in [1.29, 1.82) is 0 Å². The molecule has 104 valence electrons. The van der Waals surface area contributed by atoms with E-state index in [2.05, 4.69) is 39.5 Å². The molecule has 0 aliphatic carbocycles. The van der Waals surface area contributed by atoms with Crippen molar-refractivity contribution in [2.75, 3.05) is 0 Å². The van der Waals surface area contributed by atoms with Gasteiger partial charge in [0.05, 0.1) is 5.76 Å². The average molecular weight is 250 g/mol. The molecular formula is C17H30O. The number of aliphatic hydroxyl groups excluding tert-OH is 1. The molecule has 0 radical (unpaired) electrons. The second kappa shape index (κ2) is 9.99. The molecule has 1 nitrogen and oxygen atoms in total. The molecule has 1 unspecified atom stereocenters. The summed E-state index contributed by atoms with van der Waals surface area (Å²) < 4.78 is 0. The minimum absolute atomic E-state index is 0.209. The monoisotopic (exact) mass is 250 g/mol. The summed E-state index contributed by atoms with van der Waals surface area (Å²) in [4.78, 5) is 0. The molecule has 0 amide bonds. The van der Waals surface area contributed by atoms with E-state index in [1.165, 1.54) is 24.0 Å². The maximum atomic E-state index is 9.22. The maximum absolute atomic E-state index is 9.22. The van der Waals surface area contributed by atoms with E-state index < -0.39 is 0 Å². The summed E-state index contributed by atoms with van der Waals surface area (Å²) in [5.41, 5.74) is 2.96. The standard InChI is InChI=1S/C17H30O/c1-6-9-14(2)10-7-11-15(3)12-8-13-16(4)17(5)18/h10,12,16,18H,5-9,11,13H2,1-4H3/b14-10+,15-12+. The van der Waals surface area contributed by atoms with Crippen molar-refractivity contribution in [3.63, 3.8) is 0 Å². The van der Waals surface area contributed by atoms with Crippen molar-refractivity contribution in [2.24, 2.45) is 5.92 Å². The van der Waals surface area contributed by atoms with Gasteiger partial charge in [0, 0.05) is 5.92 Å². The molecule has 1 atom stereocenters. The molecular weight excluding hydrogens is 220 g/mol. The number of hydrogen-bond donors (Lipinski definition) is 1. The highest BCUT2D eigenvalue weighted by Gasteiger charge is 2.02. The lowest BCUT2D eigenvalue weighted by atomic mass is 10.0. The molecule has 0 fully saturated rings. The van der Waals surface area contributed by atoms with E-state index in [9.17, 15) is 5.11 Å². The van der Waals surface area contributed by atoms with Crippen LogP contribution < -0.4 is 0 Å². The van der Waals surface area contributed by atoms with Gasteiger partial charge in [0.25, 0.3) is 0 Å². The number of aliphatic hydroxyl groups is 1. The zero-order valence-electron chi connectivity index (χ0n) is 12.6. The highest BCUT2D eigenvalue weighted by Crippen LogP contribution is 2.15. The Morgan fingerprint density at radius 3 is 2.22 bits per heavy atom. The molecule has 0 aromatic rings. The van der Waals surface area contributed by atoms with Gasteiger partial charge in [0.1, 0.15) is 0 Å². The predicted octanol–water partition coefficient (Wildman–Crippen LogP) is 5.95. The van der Waals surface area contributed by atoms with E-state index in [4.69, 9.17) is 0 Å². The Hall–Kier alpha value is -0.980. The summed E-state index contributed by atoms with van der Waals surface area (Å²) in [5, 5.41) is 9.22. The largest absolute Gasteiger partial charge is 0.513 e. The van der Waals surface area contributed by atoms with Crippen LogP contribution in [0.5, 0.6) is 0 Å². The van der Waals surface area contributed by atoms with E-state index in [1.807, 2.05) is 6.92 Å². The Morgan fingerprint density at radius 2 is 1.67 bits per heavy atom. The van der Waals surface area contributed by atoms with Crippen LogP contribution in [0.4, 0.5) is 0 Å². The highest BCUT2D eigenvalue weighted by atomic mass is 16.3. The van der Waals surface area contributed by atoms with Gasteiger partial charge < -0.3 is 5.11 Å². The lowest BCUT2D eigenvalue weighted by Gasteiger charge is -2.07. The number of rotatable bonds is 9. The van der Waals surface area contributed by atoms with E-state index in [-0.39, 0.29) is 5.92 Å². The Morgan fingerprint density at radius 1 is 1.11 bits per heavy atom. The first-order valence-corrected chi connectivity index (χ1v) is 7.16. The summed E-state index contributed by atoms with van der Waals surface area (Å²) in [6.07, 6.45) is 11.4. The third kappa shape index (κ3) is 9.09. The van der Waals surface area contributed by atoms with Crippen molar-refractivity contribution >= 4 is 0 Å². The van der Waals surface area contributed by atoms with Crippen LogP contribution in [0, 0.1) is 5.92 Å². The molecule has 1 N–H and O–H groups in total. The van der Waals surface area contributed by atoms with Gasteiger partial charge in [-0.2, -0.15) is 0 Å². The van der Waals surface area contributed by atoms with Gasteiger partial charge in [0.15, 0.2) is 0 Å². The molecule has 0 rings (SSSR count). The Balaban J connectivity index is 3.85. The molecule has 1 heteroatoms. The Kier molecular flexibility index (Phi) is 9.45. The molecule has 0 bridgehead atoms. The first-order valence-electron chi connectivity index (χ1n) is 7.16. The SMILES string of the molecule is C=C(O)C(C)CC/C=C(\C)CC/C=C(\C)CCC. The first kappa shape index (κ1) is 17.0. The van der Waals surface area contributed by atoms with Crippen molar-refractivity contribution in [3.8, 4) is 0 Å². The fourth-order valence-electron chi connectivity index (χ4n) is 1.89. The highest BCUT2D eigenvalue weighted by molar-refractivity contribution is 5.03. The third-order valence-corrected chi connectivity index (χ3v) is 3.34. The van der Waals surface area contributed by atoms with Crippen LogP contribution in [-0.2, 0) is 0 Å². The number of allylic oxidation sites excluding steroid dienone is 5. The van der Waals surface area contributed by atoms with Crippen molar-refractivity contribution in [1.82, 2.24) is 0 Å². The minimum Gasteiger partial charge on any atom is -0.513 e. The summed E-state index contributed by atoms with van der Waals surface area (Å²) in [5.74, 6) is 0.514. The van der Waals surface area contributed by atoms with E-state index >= 15 is 0 Å². The third-order valence-electron chi connectivity index (χ3n) is 3.34. The quantitative estimate of drug-likeness (QED) is 0.396. The first-order chi connectivity index (χ1) is 8.47. The topological polar surface area (TPSA) is 20.2 Å². The van der Waals surface area contributed by atoms with Crippen LogP contribution in [0.25, 0.3) is 0 Å². The maximum Gasteiger partial charge on any atom is 0.0879 e. The molecule has 0 aromatic heterocycles. The van der Waals surface area contributed by atoms with Crippen LogP contribution >= 0.6 is 0 Å². The van der Waals surface area contributed by atoms with Crippen molar-refractivity contribution < 1.29 is 5.11 Å². The molecule has 0 aromatic carbocycles. The van der Waals surface area contributed by atoms with Gasteiger partial charge in [-0.1, -0.05) is 50.1 Å². The minimum atomic E-state index is 0.209. The van der Waals surface area contributed by atoms with Gasteiger partial charge in [-0.15, -0.1) is 0 Å². The molecule has 18 heavy (non-hydrogen) atoms. The molecule has 0 aliphatic heterocycles. The Labute approximate surface area is 113 Å². The van der Waals surface area contributed by atoms with Crippen LogP contribution in [0.2, 0.25) is 0 Å². The van der Waals surface area contributed by atoms with Gasteiger partial charge in [0.2, 0.25) is 0 Å². The van der Waals surface area contributed by atoms with Crippen LogP contribution in [0.3, 0.4) is 0 Å². The lowest BCUT2D eigenvalue weighted by Crippen LogP contribution is -1.96. The Bertz CT molecular complexity index is 297. The smallest absolute Gasteiger partial charge is 0.0879 e. The second-order valence-corrected chi connectivity index (χ2v) is 5.36. The van der Waals surface area contributed by atoms with E-state index in [0.29, 0.717) is 5.76 Å². The zero-order chi connectivity index (χ0) is 14.0. The lowest BCUT2D eigenvalue weighted by molar-refractivity contribution is 0.335. The van der Waals surface area contributed by atoms with E-state index in [0.717, 1.165) is 25.7 Å². The fraction of sp³-hybridized carbons (Fsp3) is 0.647. The molecule has 0 saturated carbocycles. The second-order valence-electron chi connectivity index (χ2n) is 5.36. The normalized spacial score (nSPS) is 14.7. The average Bonchev–Trinajstić information content (AvgIpc) is 2.29. The van der Waals surface area contributed by atoms with Crippen LogP contribution in [0.15, 0.2) is 35.6 Å². The van der Waals surface area contributed by atoms with E-state index in [1.54, 1.807) is 0 Å². The zero-order valence-corrected chi connectivity index (χ0v) is 12.6.